The van der Waals surface area contributed by atoms with Gasteiger partial charge in [-0.1, -0.05) is 41.9 Å². The Morgan fingerprint density at radius 2 is 1.42 bits per heavy atom. The minimum atomic E-state index is -0.626. The number of para-hydroxylation sites is 1. The first kappa shape index (κ1) is 17.7. The highest BCUT2D eigenvalue weighted by Crippen LogP contribution is 2.25. The maximum Gasteiger partial charge on any atom is 0.282 e. The van der Waals surface area contributed by atoms with E-state index in [9.17, 15) is 14.8 Å². The summed E-state index contributed by atoms with van der Waals surface area (Å²) in [5.41, 5.74) is 1.52. The van der Waals surface area contributed by atoms with Gasteiger partial charge in [-0.25, -0.2) is 0 Å². The van der Waals surface area contributed by atoms with E-state index in [1.165, 1.54) is 18.2 Å². The van der Waals surface area contributed by atoms with Crippen LogP contribution in [0.2, 0.25) is 5.02 Å². The number of hydrogen-bond donors (Lipinski definition) is 2. The average Bonchev–Trinajstić information content (AvgIpc) is 2.68. The fourth-order valence-electron chi connectivity index (χ4n) is 2.34. The van der Waals surface area contributed by atoms with Crippen LogP contribution in [0.4, 0.5) is 11.4 Å². The molecule has 2 amide bonds. The van der Waals surface area contributed by atoms with Crippen LogP contribution in [-0.2, 0) is 0 Å². The number of anilines is 2. The summed E-state index contributed by atoms with van der Waals surface area (Å²) >= 11 is 5.99. The van der Waals surface area contributed by atoms with Crippen LogP contribution in [0.5, 0.6) is 0 Å². The van der Waals surface area contributed by atoms with Gasteiger partial charge in [-0.15, -0.1) is 0 Å². The van der Waals surface area contributed by atoms with Gasteiger partial charge < -0.3 is 5.32 Å². The van der Waals surface area contributed by atoms with Gasteiger partial charge in [-0.2, -0.15) is 5.06 Å². The molecular formula is C20H15ClN2O3. The van der Waals surface area contributed by atoms with Crippen molar-refractivity contribution in [1.82, 2.24) is 0 Å². The van der Waals surface area contributed by atoms with Crippen molar-refractivity contribution >= 4 is 34.8 Å². The van der Waals surface area contributed by atoms with E-state index in [0.717, 1.165) is 0 Å². The summed E-state index contributed by atoms with van der Waals surface area (Å²) in [6, 6.07) is 21.5. The highest BCUT2D eigenvalue weighted by Gasteiger charge is 2.18. The van der Waals surface area contributed by atoms with Crippen LogP contribution >= 0.6 is 11.6 Å². The van der Waals surface area contributed by atoms with E-state index in [-0.39, 0.29) is 22.2 Å². The van der Waals surface area contributed by atoms with Crippen LogP contribution in [0, 0.1) is 0 Å². The van der Waals surface area contributed by atoms with Crippen molar-refractivity contribution in [2.24, 2.45) is 0 Å². The molecule has 5 nitrogen and oxygen atoms in total. The lowest BCUT2D eigenvalue weighted by molar-refractivity contribution is 0.0854. The third kappa shape index (κ3) is 3.91. The molecule has 0 saturated heterocycles. The third-order valence-corrected chi connectivity index (χ3v) is 4.02. The Hall–Kier alpha value is -3.15. The molecule has 0 radical (unpaired) electrons. The van der Waals surface area contributed by atoms with E-state index in [0.29, 0.717) is 16.3 Å². The number of rotatable bonds is 4. The molecule has 0 spiro atoms. The molecule has 3 aromatic carbocycles. The van der Waals surface area contributed by atoms with E-state index in [2.05, 4.69) is 5.32 Å². The van der Waals surface area contributed by atoms with Crippen molar-refractivity contribution in [1.29, 1.82) is 0 Å². The maximum absolute atomic E-state index is 12.4. The summed E-state index contributed by atoms with van der Waals surface area (Å²) < 4.78 is 0. The lowest BCUT2D eigenvalue weighted by Gasteiger charge is -2.16. The molecule has 0 aliphatic carbocycles. The lowest BCUT2D eigenvalue weighted by atomic mass is 10.1. The van der Waals surface area contributed by atoms with Crippen LogP contribution in [0.15, 0.2) is 78.9 Å². The van der Waals surface area contributed by atoms with Gasteiger partial charge in [0.05, 0.1) is 10.7 Å². The van der Waals surface area contributed by atoms with Crippen molar-refractivity contribution in [3.05, 3.63) is 95.0 Å². The zero-order chi connectivity index (χ0) is 18.5. The van der Waals surface area contributed by atoms with Crippen molar-refractivity contribution in [3.63, 3.8) is 0 Å². The number of hydrogen-bond acceptors (Lipinski definition) is 3. The molecule has 2 N–H and O–H groups in total. The summed E-state index contributed by atoms with van der Waals surface area (Å²) in [7, 11) is 0. The molecule has 0 unspecified atom stereocenters. The highest BCUT2D eigenvalue weighted by atomic mass is 35.5. The average molecular weight is 367 g/mol. The van der Waals surface area contributed by atoms with Gasteiger partial charge in [-0.05, 0) is 48.5 Å². The standard InChI is InChI=1S/C20H15ClN2O3/c21-17-8-4-5-9-18(17)23(26)20(25)15-10-12-16(13-11-15)22-19(24)14-6-2-1-3-7-14/h1-13,26H,(H,22,24). The molecule has 0 heterocycles. The number of benzene rings is 3. The molecule has 130 valence electrons. The predicted octanol–water partition coefficient (Wildman–Crippen LogP) is 4.63. The Balaban J connectivity index is 1.72. The minimum Gasteiger partial charge on any atom is -0.322 e. The Bertz CT molecular complexity index is 927. The number of hydroxylamine groups is 1. The van der Waals surface area contributed by atoms with Crippen molar-refractivity contribution in [2.75, 3.05) is 10.4 Å². The molecule has 6 heteroatoms. The van der Waals surface area contributed by atoms with Crippen LogP contribution < -0.4 is 10.4 Å². The van der Waals surface area contributed by atoms with Gasteiger partial charge >= 0.3 is 0 Å². The smallest absolute Gasteiger partial charge is 0.282 e. The first-order valence-electron chi connectivity index (χ1n) is 7.80. The minimum absolute atomic E-state index is 0.195. The van der Waals surface area contributed by atoms with E-state index >= 15 is 0 Å². The number of halogens is 1. The van der Waals surface area contributed by atoms with E-state index in [1.807, 2.05) is 6.07 Å². The lowest BCUT2D eigenvalue weighted by Crippen LogP contribution is -2.27. The summed E-state index contributed by atoms with van der Waals surface area (Å²) in [5.74, 6) is -0.872. The van der Waals surface area contributed by atoms with Gasteiger partial charge in [0.1, 0.15) is 0 Å². The molecule has 0 bridgehead atoms. The van der Waals surface area contributed by atoms with Gasteiger partial charge in [0.15, 0.2) is 0 Å². The van der Waals surface area contributed by atoms with Gasteiger partial charge in [0, 0.05) is 16.8 Å². The Morgan fingerprint density at radius 3 is 2.08 bits per heavy atom. The number of amides is 2. The SMILES string of the molecule is O=C(Nc1ccc(C(=O)N(O)c2ccccc2Cl)cc1)c1ccccc1. The highest BCUT2D eigenvalue weighted by molar-refractivity contribution is 6.33. The van der Waals surface area contributed by atoms with Crippen LogP contribution in [0.1, 0.15) is 20.7 Å². The fraction of sp³-hybridized carbons (Fsp3) is 0. The molecule has 0 aromatic heterocycles. The Kier molecular flexibility index (Phi) is 5.31. The normalized spacial score (nSPS) is 10.2. The molecule has 0 aliphatic heterocycles. The third-order valence-electron chi connectivity index (χ3n) is 3.70. The van der Waals surface area contributed by atoms with E-state index in [1.54, 1.807) is 54.6 Å². The van der Waals surface area contributed by atoms with Crippen LogP contribution in [0.25, 0.3) is 0 Å². The quantitative estimate of drug-likeness (QED) is 0.522. The van der Waals surface area contributed by atoms with Crippen molar-refractivity contribution in [2.45, 2.75) is 0 Å². The Labute approximate surface area is 155 Å². The topological polar surface area (TPSA) is 69.6 Å². The number of carbonyl (C=O) groups is 2. The van der Waals surface area contributed by atoms with Crippen molar-refractivity contribution < 1.29 is 14.8 Å². The fourth-order valence-corrected chi connectivity index (χ4v) is 2.56. The molecule has 0 saturated carbocycles. The second-order valence-corrected chi connectivity index (χ2v) is 5.87. The molecule has 0 aliphatic rings. The van der Waals surface area contributed by atoms with Gasteiger partial charge in [0.2, 0.25) is 0 Å². The summed E-state index contributed by atoms with van der Waals surface area (Å²) in [6.45, 7) is 0. The summed E-state index contributed by atoms with van der Waals surface area (Å²) in [4.78, 5) is 24.5. The van der Waals surface area contributed by atoms with Gasteiger partial charge in [-0.3, -0.25) is 14.8 Å². The Morgan fingerprint density at radius 1 is 0.808 bits per heavy atom. The molecule has 0 fully saturated rings. The van der Waals surface area contributed by atoms with Gasteiger partial charge in [0.25, 0.3) is 11.8 Å². The van der Waals surface area contributed by atoms with Crippen molar-refractivity contribution in [3.8, 4) is 0 Å². The first-order chi connectivity index (χ1) is 12.6. The second kappa shape index (κ2) is 7.82. The molecule has 3 aromatic rings. The molecule has 0 atom stereocenters. The molecular weight excluding hydrogens is 352 g/mol. The largest absolute Gasteiger partial charge is 0.322 e. The summed E-state index contributed by atoms with van der Waals surface area (Å²) in [6.07, 6.45) is 0. The predicted molar refractivity (Wildman–Crippen MR) is 101 cm³/mol. The molecule has 3 rings (SSSR count). The van der Waals surface area contributed by atoms with Crippen LogP contribution in [0.3, 0.4) is 0 Å². The monoisotopic (exact) mass is 366 g/mol. The zero-order valence-electron chi connectivity index (χ0n) is 13.6. The molecule has 26 heavy (non-hydrogen) atoms. The second-order valence-electron chi connectivity index (χ2n) is 5.47. The number of nitrogens with zero attached hydrogens (tertiary/aromatic N) is 1. The first-order valence-corrected chi connectivity index (χ1v) is 8.18. The van der Waals surface area contributed by atoms with E-state index in [4.69, 9.17) is 11.6 Å². The maximum atomic E-state index is 12.4. The zero-order valence-corrected chi connectivity index (χ0v) is 14.4. The summed E-state index contributed by atoms with van der Waals surface area (Å²) in [5, 5.41) is 13.6. The number of carbonyl (C=O) groups excluding carboxylic acids is 2. The van der Waals surface area contributed by atoms with E-state index < -0.39 is 5.91 Å². The van der Waals surface area contributed by atoms with Crippen LogP contribution in [-0.4, -0.2) is 17.0 Å². The number of nitrogens with one attached hydrogen (secondary N) is 1.